The second-order valence-electron chi connectivity index (χ2n) is 2.78. The van der Waals surface area contributed by atoms with Crippen molar-refractivity contribution >= 4 is 16.9 Å². The minimum Gasteiger partial charge on any atom is -0.506 e. The Morgan fingerprint density at radius 3 is 2.57 bits per heavy atom. The highest BCUT2D eigenvalue weighted by molar-refractivity contribution is 5.95. The van der Waals surface area contributed by atoms with Crippen LogP contribution in [0.15, 0.2) is 12.1 Å². The van der Waals surface area contributed by atoms with E-state index in [2.05, 4.69) is 9.97 Å². The number of aromatic hydroxyl groups is 2. The summed E-state index contributed by atoms with van der Waals surface area (Å²) < 4.78 is 0. The molecule has 0 saturated carbocycles. The predicted molar refractivity (Wildman–Crippen MR) is 47.9 cm³/mol. The van der Waals surface area contributed by atoms with Gasteiger partial charge in [-0.25, -0.2) is 4.98 Å². The highest BCUT2D eigenvalue weighted by Gasteiger charge is 2.13. The molecular weight excluding hydrogens is 186 g/mol. The summed E-state index contributed by atoms with van der Waals surface area (Å²) in [7, 11) is 0. The summed E-state index contributed by atoms with van der Waals surface area (Å²) in [5.41, 5.74) is 5.30. The maximum atomic E-state index is 10.8. The number of carbonyl (C=O) groups is 1. The summed E-state index contributed by atoms with van der Waals surface area (Å²) in [6.45, 7) is 0. The number of phenols is 2. The maximum absolute atomic E-state index is 10.8. The van der Waals surface area contributed by atoms with Gasteiger partial charge in [0.2, 0.25) is 0 Å². The molecule has 72 valence electrons. The van der Waals surface area contributed by atoms with Gasteiger partial charge in [0.1, 0.15) is 22.5 Å². The minimum absolute atomic E-state index is 0.0993. The minimum atomic E-state index is -0.750. The number of primary amides is 1. The number of nitrogens with one attached hydrogen (secondary N) is 1. The first-order valence-corrected chi connectivity index (χ1v) is 3.80. The Morgan fingerprint density at radius 1 is 1.36 bits per heavy atom. The molecule has 0 aliphatic heterocycles. The molecule has 6 heteroatoms. The zero-order valence-electron chi connectivity index (χ0n) is 6.98. The smallest absolute Gasteiger partial charge is 0.284 e. The average Bonchev–Trinajstić information content (AvgIpc) is 2.57. The van der Waals surface area contributed by atoms with Crippen LogP contribution in [0.25, 0.3) is 11.0 Å². The van der Waals surface area contributed by atoms with Gasteiger partial charge in [-0.3, -0.25) is 4.79 Å². The van der Waals surface area contributed by atoms with Gasteiger partial charge in [0.15, 0.2) is 5.82 Å². The number of benzene rings is 1. The molecule has 6 nitrogen and oxygen atoms in total. The highest BCUT2D eigenvalue weighted by atomic mass is 16.3. The number of phenolic OH excluding ortho intramolecular Hbond substituents is 2. The van der Waals surface area contributed by atoms with Crippen LogP contribution in [0, 0.1) is 0 Å². The van der Waals surface area contributed by atoms with E-state index in [4.69, 9.17) is 5.73 Å². The number of hydrogen-bond donors (Lipinski definition) is 4. The van der Waals surface area contributed by atoms with Crippen molar-refractivity contribution in [2.24, 2.45) is 5.73 Å². The Bertz CT molecular complexity index is 479. The first-order chi connectivity index (χ1) is 6.59. The van der Waals surface area contributed by atoms with Crippen LogP contribution in [0.3, 0.4) is 0 Å². The van der Waals surface area contributed by atoms with Crippen LogP contribution in [0.4, 0.5) is 0 Å². The van der Waals surface area contributed by atoms with Gasteiger partial charge in [-0.2, -0.15) is 0 Å². The molecule has 0 radical (unpaired) electrons. The molecular formula is C8H7N3O3. The summed E-state index contributed by atoms with van der Waals surface area (Å²) in [6.07, 6.45) is 0. The second kappa shape index (κ2) is 2.63. The van der Waals surface area contributed by atoms with Gasteiger partial charge in [-0.1, -0.05) is 0 Å². The van der Waals surface area contributed by atoms with Gasteiger partial charge >= 0.3 is 0 Å². The van der Waals surface area contributed by atoms with Crippen molar-refractivity contribution in [3.8, 4) is 11.5 Å². The SMILES string of the molecule is NC(=O)c1nc2c(O)ccc(O)c2[nH]1. The van der Waals surface area contributed by atoms with Gasteiger partial charge < -0.3 is 20.9 Å². The average molecular weight is 193 g/mol. The van der Waals surface area contributed by atoms with E-state index in [1.54, 1.807) is 0 Å². The highest BCUT2D eigenvalue weighted by Crippen LogP contribution is 2.29. The summed E-state index contributed by atoms with van der Waals surface area (Å²) >= 11 is 0. The fraction of sp³-hybridized carbons (Fsp3) is 0. The normalized spacial score (nSPS) is 10.6. The van der Waals surface area contributed by atoms with Crippen molar-refractivity contribution in [1.29, 1.82) is 0 Å². The number of imidazole rings is 1. The van der Waals surface area contributed by atoms with Crippen molar-refractivity contribution in [2.45, 2.75) is 0 Å². The standard InChI is InChI=1S/C8H7N3O3/c9-7(14)8-10-5-3(12)1-2-4(13)6(5)11-8/h1-2,12-13H,(H2,9,14)(H,10,11). The molecule has 0 spiro atoms. The number of fused-ring (bicyclic) bond motifs is 1. The molecule has 1 aromatic carbocycles. The van der Waals surface area contributed by atoms with Gasteiger partial charge in [-0.05, 0) is 12.1 Å². The summed E-state index contributed by atoms with van der Waals surface area (Å²) in [4.78, 5) is 17.0. The van der Waals surface area contributed by atoms with Crippen LogP contribution < -0.4 is 5.73 Å². The molecule has 2 aromatic rings. The van der Waals surface area contributed by atoms with E-state index in [1.165, 1.54) is 12.1 Å². The Hall–Kier alpha value is -2.24. The van der Waals surface area contributed by atoms with E-state index in [-0.39, 0.29) is 28.4 Å². The zero-order chi connectivity index (χ0) is 10.3. The number of nitrogens with two attached hydrogens (primary N) is 1. The number of nitrogens with zero attached hydrogens (tertiary/aromatic N) is 1. The van der Waals surface area contributed by atoms with Crippen LogP contribution in [-0.2, 0) is 0 Å². The first kappa shape index (κ1) is 8.36. The van der Waals surface area contributed by atoms with Crippen molar-refractivity contribution < 1.29 is 15.0 Å². The molecule has 0 saturated heterocycles. The van der Waals surface area contributed by atoms with Gasteiger partial charge in [0.25, 0.3) is 5.91 Å². The molecule has 1 heterocycles. The lowest BCUT2D eigenvalue weighted by molar-refractivity contribution is 0.0991. The molecule has 0 fully saturated rings. The van der Waals surface area contributed by atoms with Crippen molar-refractivity contribution in [3.05, 3.63) is 18.0 Å². The number of hydrogen-bond acceptors (Lipinski definition) is 4. The Labute approximate surface area is 78.0 Å². The number of amides is 1. The zero-order valence-corrected chi connectivity index (χ0v) is 6.98. The van der Waals surface area contributed by atoms with Crippen molar-refractivity contribution in [3.63, 3.8) is 0 Å². The predicted octanol–water partition coefficient (Wildman–Crippen LogP) is 0.0730. The molecule has 5 N–H and O–H groups in total. The Balaban J connectivity index is 2.82. The number of H-pyrrole nitrogens is 1. The molecule has 0 atom stereocenters. The number of aromatic amines is 1. The van der Waals surface area contributed by atoms with E-state index < -0.39 is 5.91 Å². The molecule has 2 rings (SSSR count). The lowest BCUT2D eigenvalue weighted by atomic mass is 10.3. The van der Waals surface area contributed by atoms with Gasteiger partial charge in [-0.15, -0.1) is 0 Å². The topological polar surface area (TPSA) is 112 Å². The van der Waals surface area contributed by atoms with Gasteiger partial charge in [0.05, 0.1) is 0 Å². The molecule has 0 aliphatic rings. The second-order valence-corrected chi connectivity index (χ2v) is 2.78. The molecule has 0 bridgehead atoms. The van der Waals surface area contributed by atoms with E-state index in [9.17, 15) is 15.0 Å². The third kappa shape index (κ3) is 1.05. The van der Waals surface area contributed by atoms with Crippen molar-refractivity contribution in [1.82, 2.24) is 9.97 Å². The number of rotatable bonds is 1. The lowest BCUT2D eigenvalue weighted by Gasteiger charge is -1.94. The van der Waals surface area contributed by atoms with Crippen LogP contribution in [0.1, 0.15) is 10.6 Å². The molecule has 1 aromatic heterocycles. The van der Waals surface area contributed by atoms with E-state index >= 15 is 0 Å². The van der Waals surface area contributed by atoms with Crippen LogP contribution in [0.2, 0.25) is 0 Å². The van der Waals surface area contributed by atoms with Crippen LogP contribution in [0.5, 0.6) is 11.5 Å². The monoisotopic (exact) mass is 193 g/mol. The number of carbonyl (C=O) groups excluding carboxylic acids is 1. The molecule has 0 aliphatic carbocycles. The summed E-state index contributed by atoms with van der Waals surface area (Å²) in [5, 5.41) is 18.7. The molecule has 0 unspecified atom stereocenters. The first-order valence-electron chi connectivity index (χ1n) is 3.80. The Kier molecular flexibility index (Phi) is 1.57. The lowest BCUT2D eigenvalue weighted by Crippen LogP contribution is -2.12. The number of aromatic nitrogens is 2. The molecule has 14 heavy (non-hydrogen) atoms. The maximum Gasteiger partial charge on any atom is 0.284 e. The fourth-order valence-corrected chi connectivity index (χ4v) is 1.18. The van der Waals surface area contributed by atoms with Crippen LogP contribution >= 0.6 is 0 Å². The third-order valence-corrected chi connectivity index (χ3v) is 1.84. The quantitative estimate of drug-likeness (QED) is 0.480. The van der Waals surface area contributed by atoms with Crippen molar-refractivity contribution in [2.75, 3.05) is 0 Å². The van der Waals surface area contributed by atoms with E-state index in [0.717, 1.165) is 0 Å². The fourth-order valence-electron chi connectivity index (χ4n) is 1.18. The van der Waals surface area contributed by atoms with Gasteiger partial charge in [0, 0.05) is 0 Å². The van der Waals surface area contributed by atoms with E-state index in [1.807, 2.05) is 0 Å². The van der Waals surface area contributed by atoms with Crippen LogP contribution in [-0.4, -0.2) is 26.1 Å². The largest absolute Gasteiger partial charge is 0.506 e. The Morgan fingerprint density at radius 2 is 2.00 bits per heavy atom. The molecule has 1 amide bonds. The van der Waals surface area contributed by atoms with E-state index in [0.29, 0.717) is 0 Å². The summed E-state index contributed by atoms with van der Waals surface area (Å²) in [6, 6.07) is 2.57. The summed E-state index contributed by atoms with van der Waals surface area (Å²) in [5.74, 6) is -1.07. The third-order valence-electron chi connectivity index (χ3n) is 1.84.